The minimum Gasteiger partial charge on any atom is -0.496 e. The molecular weight excluding hydrogens is 212 g/mol. The van der Waals surface area contributed by atoms with Crippen LogP contribution in [0.25, 0.3) is 0 Å². The van der Waals surface area contributed by atoms with E-state index in [-0.39, 0.29) is 0 Å². The lowest BCUT2D eigenvalue weighted by atomic mass is 10.0. The number of methoxy groups -OCH3 is 1. The zero-order chi connectivity index (χ0) is 12.1. The standard InChI is InChI=1S/C15H14O2/c1-17-15-10-13(11-16)7-8-14(15)9-12-5-3-2-4-6-12/h2-8,10-11H,9H2,1H3. The van der Waals surface area contributed by atoms with Crippen molar-refractivity contribution in [2.45, 2.75) is 6.42 Å². The first kappa shape index (κ1) is 11.4. The fourth-order valence-electron chi connectivity index (χ4n) is 1.80. The average molecular weight is 226 g/mol. The second-order valence-electron chi connectivity index (χ2n) is 3.85. The Morgan fingerprint density at radius 2 is 1.88 bits per heavy atom. The molecule has 0 aliphatic rings. The molecule has 0 bridgehead atoms. The maximum Gasteiger partial charge on any atom is 0.150 e. The van der Waals surface area contributed by atoms with Crippen molar-refractivity contribution in [3.63, 3.8) is 0 Å². The third-order valence-electron chi connectivity index (χ3n) is 2.68. The van der Waals surface area contributed by atoms with E-state index in [9.17, 15) is 4.79 Å². The lowest BCUT2D eigenvalue weighted by Crippen LogP contribution is -1.95. The Labute approximate surface area is 101 Å². The van der Waals surface area contributed by atoms with Crippen molar-refractivity contribution in [2.24, 2.45) is 0 Å². The molecule has 2 nitrogen and oxygen atoms in total. The summed E-state index contributed by atoms with van der Waals surface area (Å²) in [6, 6.07) is 15.7. The van der Waals surface area contributed by atoms with Gasteiger partial charge in [0.2, 0.25) is 0 Å². The first-order valence-electron chi connectivity index (χ1n) is 5.49. The van der Waals surface area contributed by atoms with Crippen LogP contribution in [0.2, 0.25) is 0 Å². The van der Waals surface area contributed by atoms with Gasteiger partial charge in [-0.15, -0.1) is 0 Å². The van der Waals surface area contributed by atoms with Crippen molar-refractivity contribution >= 4 is 6.29 Å². The topological polar surface area (TPSA) is 26.3 Å². The molecule has 2 heteroatoms. The van der Waals surface area contributed by atoms with Crippen LogP contribution in [0.1, 0.15) is 21.5 Å². The molecular formula is C15H14O2. The van der Waals surface area contributed by atoms with E-state index in [1.807, 2.05) is 30.3 Å². The van der Waals surface area contributed by atoms with Crippen molar-refractivity contribution in [3.8, 4) is 5.75 Å². The molecule has 0 amide bonds. The number of carbonyl (C=O) groups excluding carboxylic acids is 1. The highest BCUT2D eigenvalue weighted by Crippen LogP contribution is 2.22. The molecule has 0 aliphatic carbocycles. The highest BCUT2D eigenvalue weighted by molar-refractivity contribution is 5.76. The predicted octanol–water partition coefficient (Wildman–Crippen LogP) is 3.10. The van der Waals surface area contributed by atoms with Crippen LogP contribution in [0.5, 0.6) is 5.75 Å². The lowest BCUT2D eigenvalue weighted by Gasteiger charge is -2.09. The fraction of sp³-hybridized carbons (Fsp3) is 0.133. The maximum atomic E-state index is 10.7. The third-order valence-corrected chi connectivity index (χ3v) is 2.68. The normalized spacial score (nSPS) is 9.94. The minimum atomic E-state index is 0.638. The minimum absolute atomic E-state index is 0.638. The first-order chi connectivity index (χ1) is 8.33. The van der Waals surface area contributed by atoms with Crippen LogP contribution < -0.4 is 4.74 Å². The molecule has 17 heavy (non-hydrogen) atoms. The van der Waals surface area contributed by atoms with Crippen LogP contribution in [-0.2, 0) is 6.42 Å². The van der Waals surface area contributed by atoms with Gasteiger partial charge in [0, 0.05) is 12.0 Å². The molecule has 0 heterocycles. The first-order valence-corrected chi connectivity index (χ1v) is 5.49. The second kappa shape index (κ2) is 5.30. The number of aldehydes is 1. The molecule has 0 saturated carbocycles. The molecule has 86 valence electrons. The van der Waals surface area contributed by atoms with Crippen LogP contribution >= 0.6 is 0 Å². The summed E-state index contributed by atoms with van der Waals surface area (Å²) in [6.45, 7) is 0. The molecule has 0 radical (unpaired) electrons. The third kappa shape index (κ3) is 2.72. The summed E-state index contributed by atoms with van der Waals surface area (Å²) in [6.07, 6.45) is 1.64. The molecule has 0 N–H and O–H groups in total. The Bertz CT molecular complexity index is 504. The molecule has 2 aromatic carbocycles. The van der Waals surface area contributed by atoms with Crippen LogP contribution in [0, 0.1) is 0 Å². The zero-order valence-corrected chi connectivity index (χ0v) is 9.72. The van der Waals surface area contributed by atoms with Crippen LogP contribution in [0.3, 0.4) is 0 Å². The molecule has 0 spiro atoms. The Hall–Kier alpha value is -2.09. The summed E-state index contributed by atoms with van der Waals surface area (Å²) < 4.78 is 5.30. The SMILES string of the molecule is COc1cc(C=O)ccc1Cc1ccccc1. The number of hydrogen-bond acceptors (Lipinski definition) is 2. The van der Waals surface area contributed by atoms with Gasteiger partial charge in [-0.1, -0.05) is 42.5 Å². The van der Waals surface area contributed by atoms with E-state index in [4.69, 9.17) is 4.74 Å². The summed E-state index contributed by atoms with van der Waals surface area (Å²) in [4.78, 5) is 10.7. The van der Waals surface area contributed by atoms with E-state index in [2.05, 4.69) is 12.1 Å². The number of rotatable bonds is 4. The molecule has 0 unspecified atom stereocenters. The molecule has 2 rings (SSSR count). The highest BCUT2D eigenvalue weighted by Gasteiger charge is 2.05. The molecule has 0 aromatic heterocycles. The van der Waals surface area contributed by atoms with Gasteiger partial charge >= 0.3 is 0 Å². The van der Waals surface area contributed by atoms with Crippen molar-refractivity contribution in [1.82, 2.24) is 0 Å². The monoisotopic (exact) mass is 226 g/mol. The van der Waals surface area contributed by atoms with Crippen LogP contribution in [0.15, 0.2) is 48.5 Å². The van der Waals surface area contributed by atoms with Gasteiger partial charge in [-0.3, -0.25) is 4.79 Å². The second-order valence-corrected chi connectivity index (χ2v) is 3.85. The number of benzene rings is 2. The van der Waals surface area contributed by atoms with Crippen molar-refractivity contribution in [3.05, 3.63) is 65.2 Å². The molecule has 0 atom stereocenters. The van der Waals surface area contributed by atoms with Crippen LogP contribution in [0.4, 0.5) is 0 Å². The lowest BCUT2D eigenvalue weighted by molar-refractivity contribution is 0.112. The number of carbonyl (C=O) groups is 1. The Morgan fingerprint density at radius 1 is 1.12 bits per heavy atom. The van der Waals surface area contributed by atoms with Gasteiger partial charge in [-0.25, -0.2) is 0 Å². The van der Waals surface area contributed by atoms with Gasteiger partial charge in [0.1, 0.15) is 12.0 Å². The smallest absolute Gasteiger partial charge is 0.150 e. The molecule has 0 fully saturated rings. The largest absolute Gasteiger partial charge is 0.496 e. The van der Waals surface area contributed by atoms with E-state index in [1.54, 1.807) is 13.2 Å². The van der Waals surface area contributed by atoms with E-state index in [0.717, 1.165) is 24.0 Å². The summed E-state index contributed by atoms with van der Waals surface area (Å²) in [5.41, 5.74) is 2.95. The van der Waals surface area contributed by atoms with Gasteiger partial charge in [0.25, 0.3) is 0 Å². The Kier molecular flexibility index (Phi) is 3.55. The quantitative estimate of drug-likeness (QED) is 0.749. The van der Waals surface area contributed by atoms with Gasteiger partial charge < -0.3 is 4.74 Å². The highest BCUT2D eigenvalue weighted by atomic mass is 16.5. The van der Waals surface area contributed by atoms with Crippen molar-refractivity contribution < 1.29 is 9.53 Å². The summed E-state index contributed by atoms with van der Waals surface area (Å²) in [5.74, 6) is 0.762. The van der Waals surface area contributed by atoms with Gasteiger partial charge in [0.05, 0.1) is 7.11 Å². The maximum absolute atomic E-state index is 10.7. The summed E-state index contributed by atoms with van der Waals surface area (Å²) in [5, 5.41) is 0. The van der Waals surface area contributed by atoms with E-state index in [1.165, 1.54) is 5.56 Å². The summed E-state index contributed by atoms with van der Waals surface area (Å²) in [7, 11) is 1.62. The number of hydrogen-bond donors (Lipinski definition) is 0. The predicted molar refractivity (Wildman–Crippen MR) is 67.6 cm³/mol. The summed E-state index contributed by atoms with van der Waals surface area (Å²) >= 11 is 0. The Morgan fingerprint density at radius 3 is 2.53 bits per heavy atom. The van der Waals surface area contributed by atoms with E-state index < -0.39 is 0 Å². The van der Waals surface area contributed by atoms with E-state index >= 15 is 0 Å². The zero-order valence-electron chi connectivity index (χ0n) is 9.72. The molecule has 0 saturated heterocycles. The Balaban J connectivity index is 2.29. The average Bonchev–Trinajstić information content (AvgIpc) is 2.40. The van der Waals surface area contributed by atoms with Gasteiger partial charge in [0.15, 0.2) is 0 Å². The van der Waals surface area contributed by atoms with E-state index in [0.29, 0.717) is 5.56 Å². The van der Waals surface area contributed by atoms with Crippen molar-refractivity contribution in [1.29, 1.82) is 0 Å². The van der Waals surface area contributed by atoms with Crippen LogP contribution in [-0.4, -0.2) is 13.4 Å². The van der Waals surface area contributed by atoms with Gasteiger partial charge in [-0.2, -0.15) is 0 Å². The van der Waals surface area contributed by atoms with Gasteiger partial charge in [-0.05, 0) is 17.2 Å². The fourth-order valence-corrected chi connectivity index (χ4v) is 1.80. The number of ether oxygens (including phenoxy) is 1. The van der Waals surface area contributed by atoms with Crippen molar-refractivity contribution in [2.75, 3.05) is 7.11 Å². The molecule has 0 aliphatic heterocycles. The molecule has 2 aromatic rings.